The third-order valence-electron chi connectivity index (χ3n) is 3.54. The normalized spacial score (nSPS) is 25.6. The lowest BCUT2D eigenvalue weighted by molar-refractivity contribution is -0.142. The molecule has 1 fully saturated rings. The van der Waals surface area contributed by atoms with Crippen molar-refractivity contribution in [2.45, 2.75) is 45.0 Å². The SMILES string of the molecule is CC(=O)Nc1nc(=O)n([C@@H]2O[C@H](CO)C(O)[C@@H]2O)cc1COC(C)=O. The van der Waals surface area contributed by atoms with Crippen molar-refractivity contribution < 1.29 is 34.4 Å². The minimum Gasteiger partial charge on any atom is -0.461 e. The van der Waals surface area contributed by atoms with Crippen molar-refractivity contribution >= 4 is 17.7 Å². The molecular formula is C14H19N3O8. The molecule has 1 aliphatic heterocycles. The molecule has 1 aliphatic rings. The van der Waals surface area contributed by atoms with Crippen LogP contribution < -0.4 is 11.0 Å². The molecule has 4 N–H and O–H groups in total. The van der Waals surface area contributed by atoms with Crippen LogP contribution in [0.15, 0.2) is 11.0 Å². The van der Waals surface area contributed by atoms with Crippen LogP contribution in [0.5, 0.6) is 0 Å². The zero-order chi connectivity index (χ0) is 18.7. The zero-order valence-corrected chi connectivity index (χ0v) is 13.6. The highest BCUT2D eigenvalue weighted by molar-refractivity contribution is 5.88. The molecular weight excluding hydrogens is 338 g/mol. The van der Waals surface area contributed by atoms with Gasteiger partial charge in [0.2, 0.25) is 5.91 Å². The quantitative estimate of drug-likeness (QED) is 0.432. The predicted molar refractivity (Wildman–Crippen MR) is 81.3 cm³/mol. The van der Waals surface area contributed by atoms with E-state index in [1.165, 1.54) is 20.0 Å². The molecule has 25 heavy (non-hydrogen) atoms. The van der Waals surface area contributed by atoms with Crippen LogP contribution in [0.4, 0.5) is 5.82 Å². The number of hydrogen-bond donors (Lipinski definition) is 4. The highest BCUT2D eigenvalue weighted by Crippen LogP contribution is 2.28. The fourth-order valence-corrected chi connectivity index (χ4v) is 2.36. The van der Waals surface area contributed by atoms with Gasteiger partial charge in [-0.1, -0.05) is 0 Å². The summed E-state index contributed by atoms with van der Waals surface area (Å²) in [6.45, 7) is 1.57. The van der Waals surface area contributed by atoms with Gasteiger partial charge in [0.15, 0.2) is 6.23 Å². The number of carbonyl (C=O) groups is 2. The Morgan fingerprint density at radius 1 is 1.36 bits per heavy atom. The third-order valence-corrected chi connectivity index (χ3v) is 3.54. The van der Waals surface area contributed by atoms with Gasteiger partial charge >= 0.3 is 11.7 Å². The first-order valence-corrected chi connectivity index (χ1v) is 7.40. The fourth-order valence-electron chi connectivity index (χ4n) is 2.36. The summed E-state index contributed by atoms with van der Waals surface area (Å²) in [5.41, 5.74) is -0.687. The van der Waals surface area contributed by atoms with Gasteiger partial charge in [-0.05, 0) is 0 Å². The van der Waals surface area contributed by atoms with Crippen LogP contribution in [0.2, 0.25) is 0 Å². The van der Waals surface area contributed by atoms with Crippen molar-refractivity contribution in [3.05, 3.63) is 22.2 Å². The maximum atomic E-state index is 12.2. The first kappa shape index (κ1) is 19.0. The Bertz CT molecular complexity index is 719. The molecule has 0 bridgehead atoms. The van der Waals surface area contributed by atoms with E-state index < -0.39 is 48.7 Å². The van der Waals surface area contributed by atoms with Crippen molar-refractivity contribution in [3.8, 4) is 0 Å². The molecule has 4 atom stereocenters. The minimum absolute atomic E-state index is 0.0956. The van der Waals surface area contributed by atoms with E-state index in [9.17, 15) is 24.6 Å². The van der Waals surface area contributed by atoms with Gasteiger partial charge in [-0.15, -0.1) is 0 Å². The van der Waals surface area contributed by atoms with Gasteiger partial charge in [0, 0.05) is 25.6 Å². The lowest BCUT2D eigenvalue weighted by Crippen LogP contribution is -2.36. The fraction of sp³-hybridized carbons (Fsp3) is 0.571. The van der Waals surface area contributed by atoms with Gasteiger partial charge in [-0.3, -0.25) is 14.2 Å². The first-order valence-electron chi connectivity index (χ1n) is 7.40. The van der Waals surface area contributed by atoms with Crippen LogP contribution in [0.25, 0.3) is 0 Å². The monoisotopic (exact) mass is 357 g/mol. The van der Waals surface area contributed by atoms with Crippen LogP contribution in [-0.2, 0) is 25.7 Å². The summed E-state index contributed by atoms with van der Waals surface area (Å²) in [5, 5.41) is 31.3. The largest absolute Gasteiger partial charge is 0.461 e. The summed E-state index contributed by atoms with van der Waals surface area (Å²) in [5.74, 6) is -1.16. The summed E-state index contributed by atoms with van der Waals surface area (Å²) in [4.78, 5) is 38.1. The Hall–Kier alpha value is -2.34. The average Bonchev–Trinajstić information content (AvgIpc) is 2.81. The second kappa shape index (κ2) is 7.70. The average molecular weight is 357 g/mol. The number of aliphatic hydroxyl groups is 3. The van der Waals surface area contributed by atoms with Crippen LogP contribution in [0, 0.1) is 0 Å². The molecule has 1 aromatic rings. The van der Waals surface area contributed by atoms with Crippen molar-refractivity contribution in [2.75, 3.05) is 11.9 Å². The summed E-state index contributed by atoms with van der Waals surface area (Å²) in [7, 11) is 0. The number of carbonyl (C=O) groups excluding carboxylic acids is 2. The Morgan fingerprint density at radius 3 is 2.56 bits per heavy atom. The van der Waals surface area contributed by atoms with Crippen molar-refractivity contribution in [3.63, 3.8) is 0 Å². The molecule has 1 amide bonds. The van der Waals surface area contributed by atoms with Crippen LogP contribution in [0.3, 0.4) is 0 Å². The summed E-state index contributed by atoms with van der Waals surface area (Å²) in [6.07, 6.45) is -4.05. The molecule has 2 rings (SSSR count). The number of anilines is 1. The summed E-state index contributed by atoms with van der Waals surface area (Å²) < 4.78 is 11.0. The third kappa shape index (κ3) is 4.20. The van der Waals surface area contributed by atoms with Gasteiger partial charge in [-0.2, -0.15) is 4.98 Å². The Morgan fingerprint density at radius 2 is 2.04 bits per heavy atom. The van der Waals surface area contributed by atoms with E-state index in [0.29, 0.717) is 0 Å². The predicted octanol–water partition coefficient (Wildman–Crippen LogP) is -2.12. The molecule has 0 aromatic carbocycles. The number of hydrogen-bond acceptors (Lipinski definition) is 9. The van der Waals surface area contributed by atoms with Gasteiger partial charge in [0.05, 0.1) is 6.61 Å². The maximum absolute atomic E-state index is 12.2. The number of nitrogens with one attached hydrogen (secondary N) is 1. The standard InChI is InChI=1S/C14H19N3O8/c1-6(19)15-12-8(5-24-7(2)20)3-17(14(23)16-12)13-11(22)10(21)9(4-18)25-13/h3,9-11,13,18,21-22H,4-5H2,1-2H3,(H,15,16,19,23)/t9-,10?,11+,13-/m1/s1. The maximum Gasteiger partial charge on any atom is 0.351 e. The van der Waals surface area contributed by atoms with Crippen LogP contribution >= 0.6 is 0 Å². The van der Waals surface area contributed by atoms with Crippen molar-refractivity contribution in [1.82, 2.24) is 9.55 Å². The highest BCUT2D eigenvalue weighted by Gasteiger charge is 2.44. The number of aromatic nitrogens is 2. The Kier molecular flexibility index (Phi) is 5.85. The molecule has 0 saturated carbocycles. The summed E-state index contributed by atoms with van der Waals surface area (Å²) in [6, 6.07) is 0. The van der Waals surface area contributed by atoms with Crippen LogP contribution in [-0.4, -0.2) is 61.7 Å². The highest BCUT2D eigenvalue weighted by atomic mass is 16.6. The van der Waals surface area contributed by atoms with E-state index in [4.69, 9.17) is 14.6 Å². The second-order valence-electron chi connectivity index (χ2n) is 5.49. The van der Waals surface area contributed by atoms with E-state index in [1.54, 1.807) is 0 Å². The molecule has 138 valence electrons. The first-order chi connectivity index (χ1) is 11.7. The number of rotatable bonds is 5. The molecule has 11 heteroatoms. The number of nitrogens with zero attached hydrogens (tertiary/aromatic N) is 2. The number of aliphatic hydroxyl groups excluding tert-OH is 3. The van der Waals surface area contributed by atoms with Crippen molar-refractivity contribution in [2.24, 2.45) is 0 Å². The summed E-state index contributed by atoms with van der Waals surface area (Å²) >= 11 is 0. The molecule has 1 saturated heterocycles. The second-order valence-corrected chi connectivity index (χ2v) is 5.49. The minimum atomic E-state index is -1.48. The van der Waals surface area contributed by atoms with Gasteiger partial charge in [0.1, 0.15) is 30.7 Å². The van der Waals surface area contributed by atoms with E-state index >= 15 is 0 Å². The topological polar surface area (TPSA) is 160 Å². The van der Waals surface area contributed by atoms with Crippen LogP contribution in [0.1, 0.15) is 25.6 Å². The van der Waals surface area contributed by atoms with E-state index in [-0.39, 0.29) is 18.0 Å². The molecule has 0 spiro atoms. The van der Waals surface area contributed by atoms with Gasteiger partial charge < -0.3 is 30.1 Å². The molecule has 1 unspecified atom stereocenters. The Balaban J connectivity index is 2.41. The molecule has 2 heterocycles. The van der Waals surface area contributed by atoms with Gasteiger partial charge in [-0.25, -0.2) is 4.79 Å². The van der Waals surface area contributed by atoms with Gasteiger partial charge in [0.25, 0.3) is 0 Å². The number of esters is 1. The number of amides is 1. The number of ether oxygens (including phenoxy) is 2. The Labute approximate surface area is 141 Å². The lowest BCUT2D eigenvalue weighted by Gasteiger charge is -2.19. The molecule has 0 radical (unpaired) electrons. The lowest BCUT2D eigenvalue weighted by atomic mass is 10.1. The zero-order valence-electron chi connectivity index (χ0n) is 13.6. The van der Waals surface area contributed by atoms with E-state index in [2.05, 4.69) is 10.3 Å². The molecule has 0 aliphatic carbocycles. The molecule has 11 nitrogen and oxygen atoms in total. The van der Waals surface area contributed by atoms with E-state index in [0.717, 1.165) is 4.57 Å². The van der Waals surface area contributed by atoms with E-state index in [1.807, 2.05) is 0 Å². The molecule has 1 aromatic heterocycles. The smallest absolute Gasteiger partial charge is 0.351 e. The van der Waals surface area contributed by atoms with Crippen molar-refractivity contribution in [1.29, 1.82) is 0 Å².